The minimum atomic E-state index is 1.02. The van der Waals surface area contributed by atoms with Crippen LogP contribution in [0.1, 0.15) is 43.4 Å². The maximum Gasteiger partial charge on any atom is 0.0630 e. The van der Waals surface area contributed by atoms with Crippen LogP contribution in [0.4, 0.5) is 5.69 Å². The van der Waals surface area contributed by atoms with E-state index in [0.29, 0.717) is 0 Å². The lowest BCUT2D eigenvalue weighted by Gasteiger charge is -2.00. The van der Waals surface area contributed by atoms with Crippen LogP contribution in [-0.4, -0.2) is 6.21 Å². The van der Waals surface area contributed by atoms with E-state index < -0.39 is 0 Å². The first-order valence-electron chi connectivity index (χ1n) is 7.53. The first-order chi connectivity index (χ1) is 9.81. The van der Waals surface area contributed by atoms with Gasteiger partial charge in [-0.05, 0) is 48.1 Å². The maximum absolute atomic E-state index is 4.53. The lowest BCUT2D eigenvalue weighted by atomic mass is 10.1. The van der Waals surface area contributed by atoms with Gasteiger partial charge < -0.3 is 0 Å². The maximum atomic E-state index is 4.53. The molecule has 0 heterocycles. The Labute approximate surface area is 122 Å². The number of rotatable bonds is 6. The number of hydrogen-bond donors (Lipinski definition) is 0. The second-order valence-corrected chi connectivity index (χ2v) is 5.12. The molecule has 0 atom stereocenters. The first-order valence-corrected chi connectivity index (χ1v) is 7.53. The molecule has 1 heteroatoms. The highest BCUT2D eigenvalue weighted by molar-refractivity contribution is 5.81. The minimum Gasteiger partial charge on any atom is -0.256 e. The molecule has 0 N–H and O–H groups in total. The lowest BCUT2D eigenvalue weighted by molar-refractivity contribution is 0.795. The number of aliphatic imine (C=N–C) groups is 1. The van der Waals surface area contributed by atoms with Crippen molar-refractivity contribution in [1.29, 1.82) is 0 Å². The third kappa shape index (κ3) is 4.34. The van der Waals surface area contributed by atoms with E-state index in [2.05, 4.69) is 67.4 Å². The highest BCUT2D eigenvalue weighted by atomic mass is 14.7. The molecule has 0 aromatic heterocycles. The van der Waals surface area contributed by atoms with Gasteiger partial charge in [0.25, 0.3) is 0 Å². The van der Waals surface area contributed by atoms with Crippen LogP contribution in [0.25, 0.3) is 0 Å². The van der Waals surface area contributed by atoms with E-state index in [-0.39, 0.29) is 0 Å². The second kappa shape index (κ2) is 7.64. The molecule has 20 heavy (non-hydrogen) atoms. The van der Waals surface area contributed by atoms with E-state index >= 15 is 0 Å². The van der Waals surface area contributed by atoms with E-state index in [4.69, 9.17) is 0 Å². The van der Waals surface area contributed by atoms with Crippen molar-refractivity contribution in [2.75, 3.05) is 0 Å². The lowest BCUT2D eigenvalue weighted by Crippen LogP contribution is -1.84. The highest BCUT2D eigenvalue weighted by Crippen LogP contribution is 2.15. The van der Waals surface area contributed by atoms with Crippen LogP contribution in [-0.2, 0) is 12.8 Å². The molecule has 104 valence electrons. The minimum absolute atomic E-state index is 1.02. The van der Waals surface area contributed by atoms with E-state index in [1.54, 1.807) is 0 Å². The largest absolute Gasteiger partial charge is 0.256 e. The summed E-state index contributed by atoms with van der Waals surface area (Å²) < 4.78 is 0. The summed E-state index contributed by atoms with van der Waals surface area (Å²) in [6, 6.07) is 17.1. The Balaban J connectivity index is 1.99. The summed E-state index contributed by atoms with van der Waals surface area (Å²) in [6.45, 7) is 4.39. The van der Waals surface area contributed by atoms with Gasteiger partial charge in [-0.15, -0.1) is 0 Å². The topological polar surface area (TPSA) is 12.4 Å². The van der Waals surface area contributed by atoms with Gasteiger partial charge in [-0.2, -0.15) is 0 Å². The zero-order valence-corrected chi connectivity index (χ0v) is 12.5. The molecule has 0 aliphatic rings. The van der Waals surface area contributed by atoms with Gasteiger partial charge in [0.05, 0.1) is 5.69 Å². The SMILES string of the molecule is CCCCc1ccc(/N=C/c2ccc(CC)cc2)cc1. The molecule has 0 aliphatic heterocycles. The molecule has 0 saturated heterocycles. The number of aryl methyl sites for hydroxylation is 2. The molecule has 0 spiro atoms. The van der Waals surface area contributed by atoms with Crippen LogP contribution < -0.4 is 0 Å². The van der Waals surface area contributed by atoms with Crippen molar-refractivity contribution in [1.82, 2.24) is 0 Å². The molecular formula is C19H23N. The summed E-state index contributed by atoms with van der Waals surface area (Å²) >= 11 is 0. The Hall–Kier alpha value is -1.89. The van der Waals surface area contributed by atoms with E-state index in [0.717, 1.165) is 17.7 Å². The fraction of sp³-hybridized carbons (Fsp3) is 0.316. The summed E-state index contributed by atoms with van der Waals surface area (Å²) in [7, 11) is 0. The fourth-order valence-corrected chi connectivity index (χ4v) is 2.12. The Bertz CT molecular complexity index is 535. The predicted octanol–water partition coefficient (Wildman–Crippen LogP) is 5.34. The summed E-state index contributed by atoms with van der Waals surface area (Å²) in [5, 5.41) is 0. The third-order valence-corrected chi connectivity index (χ3v) is 3.51. The van der Waals surface area contributed by atoms with E-state index in [1.165, 1.54) is 30.4 Å². The number of nitrogens with zero attached hydrogens (tertiary/aromatic N) is 1. The van der Waals surface area contributed by atoms with Crippen LogP contribution >= 0.6 is 0 Å². The smallest absolute Gasteiger partial charge is 0.0630 e. The molecule has 2 aromatic rings. The average molecular weight is 265 g/mol. The monoisotopic (exact) mass is 265 g/mol. The van der Waals surface area contributed by atoms with E-state index in [1.807, 2.05) is 6.21 Å². The van der Waals surface area contributed by atoms with Gasteiger partial charge in [0.15, 0.2) is 0 Å². The van der Waals surface area contributed by atoms with Gasteiger partial charge in [0.1, 0.15) is 0 Å². The quantitative estimate of drug-likeness (QED) is 0.625. The van der Waals surface area contributed by atoms with Crippen molar-refractivity contribution in [2.24, 2.45) is 4.99 Å². The van der Waals surface area contributed by atoms with Gasteiger partial charge in [0.2, 0.25) is 0 Å². The number of unbranched alkanes of at least 4 members (excludes halogenated alkanes) is 1. The highest BCUT2D eigenvalue weighted by Gasteiger charge is 1.94. The molecule has 2 rings (SSSR count). The van der Waals surface area contributed by atoms with Gasteiger partial charge in [-0.3, -0.25) is 4.99 Å². The fourth-order valence-electron chi connectivity index (χ4n) is 2.12. The molecular weight excluding hydrogens is 242 g/mol. The molecule has 0 fully saturated rings. The normalized spacial score (nSPS) is 11.1. The summed E-state index contributed by atoms with van der Waals surface area (Å²) in [4.78, 5) is 4.53. The van der Waals surface area contributed by atoms with Gasteiger partial charge in [0, 0.05) is 6.21 Å². The Morgan fingerprint density at radius 2 is 1.50 bits per heavy atom. The van der Waals surface area contributed by atoms with Gasteiger partial charge >= 0.3 is 0 Å². The Morgan fingerprint density at radius 1 is 0.850 bits per heavy atom. The van der Waals surface area contributed by atoms with Crippen LogP contribution in [0, 0.1) is 0 Å². The molecule has 0 saturated carbocycles. The van der Waals surface area contributed by atoms with Crippen molar-refractivity contribution < 1.29 is 0 Å². The molecule has 2 aromatic carbocycles. The van der Waals surface area contributed by atoms with Crippen molar-refractivity contribution in [2.45, 2.75) is 39.5 Å². The average Bonchev–Trinajstić information content (AvgIpc) is 2.52. The zero-order valence-electron chi connectivity index (χ0n) is 12.5. The molecule has 0 unspecified atom stereocenters. The molecule has 0 radical (unpaired) electrons. The van der Waals surface area contributed by atoms with Crippen LogP contribution in [0.5, 0.6) is 0 Å². The third-order valence-electron chi connectivity index (χ3n) is 3.51. The molecule has 0 bridgehead atoms. The van der Waals surface area contributed by atoms with Gasteiger partial charge in [-0.1, -0.05) is 56.7 Å². The zero-order chi connectivity index (χ0) is 14.2. The van der Waals surface area contributed by atoms with Crippen LogP contribution in [0.3, 0.4) is 0 Å². The Morgan fingerprint density at radius 3 is 2.10 bits per heavy atom. The van der Waals surface area contributed by atoms with Crippen LogP contribution in [0.15, 0.2) is 53.5 Å². The molecule has 1 nitrogen and oxygen atoms in total. The van der Waals surface area contributed by atoms with Crippen LogP contribution in [0.2, 0.25) is 0 Å². The van der Waals surface area contributed by atoms with Crippen molar-refractivity contribution in [3.63, 3.8) is 0 Å². The van der Waals surface area contributed by atoms with Crippen molar-refractivity contribution in [3.05, 3.63) is 65.2 Å². The van der Waals surface area contributed by atoms with Crippen molar-refractivity contribution in [3.8, 4) is 0 Å². The molecule has 0 amide bonds. The first kappa shape index (κ1) is 14.5. The summed E-state index contributed by atoms with van der Waals surface area (Å²) in [5.74, 6) is 0. The number of benzene rings is 2. The Kier molecular flexibility index (Phi) is 5.55. The standard InChI is InChI=1S/C19H23N/c1-3-5-6-17-11-13-19(14-12-17)20-15-18-9-7-16(4-2)8-10-18/h7-15H,3-6H2,1-2H3/b20-15+. The summed E-state index contributed by atoms with van der Waals surface area (Å²) in [6.07, 6.45) is 6.68. The number of hydrogen-bond acceptors (Lipinski definition) is 1. The second-order valence-electron chi connectivity index (χ2n) is 5.12. The van der Waals surface area contributed by atoms with E-state index in [9.17, 15) is 0 Å². The summed E-state index contributed by atoms with van der Waals surface area (Å²) in [5.41, 5.74) is 4.93. The van der Waals surface area contributed by atoms with Gasteiger partial charge in [-0.25, -0.2) is 0 Å². The predicted molar refractivity (Wildman–Crippen MR) is 88.1 cm³/mol. The van der Waals surface area contributed by atoms with Crippen molar-refractivity contribution >= 4 is 11.9 Å². The molecule has 0 aliphatic carbocycles.